The van der Waals surface area contributed by atoms with Gasteiger partial charge in [0.25, 0.3) is 0 Å². The lowest BCUT2D eigenvalue weighted by molar-refractivity contribution is 0.602. The van der Waals surface area contributed by atoms with E-state index in [4.69, 9.17) is 11.6 Å². The van der Waals surface area contributed by atoms with Gasteiger partial charge in [-0.05, 0) is 36.4 Å². The highest BCUT2D eigenvalue weighted by atomic mass is 35.5. The Morgan fingerprint density at radius 1 is 1.04 bits per heavy atom. The number of rotatable bonds is 2. The Balaban J connectivity index is 1.87. The molecular formula is C18H14ClF2N3S. The number of nitrogens with zero attached hydrogens (tertiary/aromatic N) is 3. The molecular weight excluding hydrogens is 364 g/mol. The Morgan fingerprint density at radius 3 is 2.56 bits per heavy atom. The summed E-state index contributed by atoms with van der Waals surface area (Å²) in [5.41, 5.74) is 0.751. The van der Waals surface area contributed by atoms with E-state index in [9.17, 15) is 8.78 Å². The van der Waals surface area contributed by atoms with Crippen molar-refractivity contribution in [1.29, 1.82) is 0 Å². The summed E-state index contributed by atoms with van der Waals surface area (Å²) in [4.78, 5) is 11.2. The van der Waals surface area contributed by atoms with E-state index < -0.39 is 11.6 Å². The monoisotopic (exact) mass is 377 g/mol. The molecule has 0 bridgehead atoms. The number of fused-ring (bicyclic) bond motifs is 1. The lowest BCUT2D eigenvalue weighted by Crippen LogP contribution is -2.25. The molecule has 0 amide bonds. The van der Waals surface area contributed by atoms with Gasteiger partial charge in [-0.1, -0.05) is 23.8 Å². The van der Waals surface area contributed by atoms with Crippen molar-refractivity contribution in [2.24, 2.45) is 0 Å². The number of aromatic nitrogens is 2. The molecule has 128 valence electrons. The number of hydrogen-bond donors (Lipinski definition) is 0. The first-order chi connectivity index (χ1) is 12.1. The average Bonchev–Trinajstić information content (AvgIpc) is 2.90. The zero-order valence-corrected chi connectivity index (χ0v) is 14.7. The largest absolute Gasteiger partial charge is 0.355 e. The molecule has 0 atom stereocenters. The van der Waals surface area contributed by atoms with Crippen molar-refractivity contribution < 1.29 is 8.78 Å². The van der Waals surface area contributed by atoms with Crippen LogP contribution in [0.25, 0.3) is 21.6 Å². The van der Waals surface area contributed by atoms with Gasteiger partial charge in [-0.25, -0.2) is 18.7 Å². The summed E-state index contributed by atoms with van der Waals surface area (Å²) in [5.74, 6) is -0.378. The highest BCUT2D eigenvalue weighted by Gasteiger charge is 2.19. The van der Waals surface area contributed by atoms with Gasteiger partial charge >= 0.3 is 0 Å². The first kappa shape index (κ1) is 16.4. The third-order valence-corrected chi connectivity index (χ3v) is 5.32. The number of thiophene rings is 1. The SMILES string of the molecule is Fc1cc(-c2nc(N3CCC=CCC3)c3sccc3n2)c(F)cc1Cl. The van der Waals surface area contributed by atoms with Gasteiger partial charge in [0.1, 0.15) is 11.6 Å². The van der Waals surface area contributed by atoms with Crippen LogP contribution in [0.3, 0.4) is 0 Å². The average molecular weight is 378 g/mol. The van der Waals surface area contributed by atoms with Gasteiger partial charge in [-0.15, -0.1) is 11.3 Å². The fourth-order valence-electron chi connectivity index (χ4n) is 2.90. The van der Waals surface area contributed by atoms with Gasteiger partial charge < -0.3 is 4.90 Å². The molecule has 4 rings (SSSR count). The molecule has 7 heteroatoms. The predicted octanol–water partition coefficient (Wildman–Crippen LogP) is 5.45. The Labute approximate surface area is 152 Å². The summed E-state index contributed by atoms with van der Waals surface area (Å²) in [5, 5.41) is 1.68. The van der Waals surface area contributed by atoms with E-state index in [2.05, 4.69) is 27.0 Å². The maximum atomic E-state index is 14.3. The Kier molecular flexibility index (Phi) is 4.39. The number of benzene rings is 1. The third-order valence-electron chi connectivity index (χ3n) is 4.13. The summed E-state index contributed by atoms with van der Waals surface area (Å²) in [7, 11) is 0. The lowest BCUT2D eigenvalue weighted by atomic mass is 10.2. The van der Waals surface area contributed by atoms with Crippen LogP contribution < -0.4 is 4.90 Å². The molecule has 0 N–H and O–H groups in total. The van der Waals surface area contributed by atoms with E-state index in [0.29, 0.717) is 0 Å². The van der Waals surface area contributed by atoms with Crippen molar-refractivity contribution in [1.82, 2.24) is 9.97 Å². The van der Waals surface area contributed by atoms with E-state index >= 15 is 0 Å². The molecule has 0 spiro atoms. The fraction of sp³-hybridized carbons (Fsp3) is 0.222. The summed E-state index contributed by atoms with van der Waals surface area (Å²) in [6.45, 7) is 1.66. The van der Waals surface area contributed by atoms with E-state index in [1.807, 2.05) is 11.4 Å². The van der Waals surface area contributed by atoms with Crippen molar-refractivity contribution in [3.8, 4) is 11.4 Å². The van der Waals surface area contributed by atoms with Crippen LogP contribution >= 0.6 is 22.9 Å². The topological polar surface area (TPSA) is 29.0 Å². The van der Waals surface area contributed by atoms with Crippen molar-refractivity contribution in [2.75, 3.05) is 18.0 Å². The van der Waals surface area contributed by atoms with Crippen LogP contribution in [-0.4, -0.2) is 23.1 Å². The molecule has 3 aromatic rings. The molecule has 0 fully saturated rings. The molecule has 0 aliphatic carbocycles. The Morgan fingerprint density at radius 2 is 1.80 bits per heavy atom. The van der Waals surface area contributed by atoms with E-state index in [-0.39, 0.29) is 16.4 Å². The summed E-state index contributed by atoms with van der Waals surface area (Å²) >= 11 is 7.20. The van der Waals surface area contributed by atoms with Gasteiger partial charge in [0.05, 0.1) is 20.8 Å². The third kappa shape index (κ3) is 3.12. The minimum Gasteiger partial charge on any atom is -0.355 e. The second-order valence-corrected chi connectivity index (χ2v) is 7.11. The maximum Gasteiger partial charge on any atom is 0.165 e. The molecule has 0 radical (unpaired) electrons. The highest BCUT2D eigenvalue weighted by molar-refractivity contribution is 7.17. The normalized spacial score (nSPS) is 14.9. The Bertz CT molecular complexity index is 960. The first-order valence-corrected chi connectivity index (χ1v) is 9.19. The van der Waals surface area contributed by atoms with Crippen molar-refractivity contribution in [3.05, 3.63) is 52.4 Å². The molecule has 1 aliphatic rings. The van der Waals surface area contributed by atoms with Gasteiger partial charge in [-0.2, -0.15) is 0 Å². The smallest absolute Gasteiger partial charge is 0.165 e. The fourth-order valence-corrected chi connectivity index (χ4v) is 3.89. The molecule has 3 nitrogen and oxygen atoms in total. The van der Waals surface area contributed by atoms with E-state index in [1.54, 1.807) is 11.3 Å². The van der Waals surface area contributed by atoms with Gasteiger partial charge in [0.15, 0.2) is 11.6 Å². The highest BCUT2D eigenvalue weighted by Crippen LogP contribution is 2.33. The van der Waals surface area contributed by atoms with Crippen LogP contribution in [0.1, 0.15) is 12.8 Å². The standard InChI is InChI=1S/C18H14ClF2N3S/c19-12-10-13(20)11(9-14(12)21)17-22-15-5-8-25-16(15)18(23-17)24-6-3-1-2-4-7-24/h1-2,5,8-10H,3-4,6-7H2. The van der Waals surface area contributed by atoms with Crippen LogP contribution in [-0.2, 0) is 0 Å². The van der Waals surface area contributed by atoms with Crippen molar-refractivity contribution in [3.63, 3.8) is 0 Å². The minimum atomic E-state index is -0.687. The maximum absolute atomic E-state index is 14.3. The van der Waals surface area contributed by atoms with Crippen molar-refractivity contribution >= 4 is 39.0 Å². The summed E-state index contributed by atoms with van der Waals surface area (Å²) < 4.78 is 29.1. The molecule has 25 heavy (non-hydrogen) atoms. The lowest BCUT2D eigenvalue weighted by Gasteiger charge is -2.22. The zero-order chi connectivity index (χ0) is 17.4. The van der Waals surface area contributed by atoms with Crippen molar-refractivity contribution in [2.45, 2.75) is 12.8 Å². The van der Waals surface area contributed by atoms with Crippen LogP contribution in [0, 0.1) is 11.6 Å². The summed E-state index contributed by atoms with van der Waals surface area (Å²) in [6.07, 6.45) is 6.16. The molecule has 0 saturated carbocycles. The van der Waals surface area contributed by atoms with E-state index in [0.717, 1.165) is 54.1 Å². The van der Waals surface area contributed by atoms with Crippen LogP contribution in [0.5, 0.6) is 0 Å². The van der Waals surface area contributed by atoms with Gasteiger partial charge in [0, 0.05) is 13.1 Å². The van der Waals surface area contributed by atoms with Gasteiger partial charge in [0.2, 0.25) is 0 Å². The predicted molar refractivity (Wildman–Crippen MR) is 98.4 cm³/mol. The first-order valence-electron chi connectivity index (χ1n) is 7.93. The van der Waals surface area contributed by atoms with Crippen LogP contribution in [0.4, 0.5) is 14.6 Å². The summed E-state index contributed by atoms with van der Waals surface area (Å²) in [6, 6.07) is 3.89. The molecule has 3 heterocycles. The Hall–Kier alpha value is -2.05. The minimum absolute atomic E-state index is 0.0178. The second-order valence-electron chi connectivity index (χ2n) is 5.79. The second kappa shape index (κ2) is 6.69. The number of hydrogen-bond acceptors (Lipinski definition) is 4. The van der Waals surface area contributed by atoms with Crippen LogP contribution in [0.15, 0.2) is 35.7 Å². The molecule has 2 aromatic heterocycles. The van der Waals surface area contributed by atoms with E-state index in [1.165, 1.54) is 0 Å². The quantitative estimate of drug-likeness (QED) is 0.439. The zero-order valence-electron chi connectivity index (χ0n) is 13.2. The molecule has 0 unspecified atom stereocenters. The van der Waals surface area contributed by atoms with Crippen LogP contribution in [0.2, 0.25) is 5.02 Å². The number of anilines is 1. The van der Waals surface area contributed by atoms with Gasteiger partial charge in [-0.3, -0.25) is 0 Å². The number of halogens is 3. The molecule has 0 saturated heterocycles. The molecule has 1 aromatic carbocycles. The molecule has 1 aliphatic heterocycles.